The number of rotatable bonds is 5. The molecule has 1 saturated carbocycles. The highest BCUT2D eigenvalue weighted by Crippen LogP contribution is 2.37. The van der Waals surface area contributed by atoms with Crippen molar-refractivity contribution in [1.29, 1.82) is 0 Å². The van der Waals surface area contributed by atoms with Gasteiger partial charge in [-0.25, -0.2) is 0 Å². The molecule has 0 radical (unpaired) electrons. The lowest BCUT2D eigenvalue weighted by Crippen LogP contribution is -2.42. The van der Waals surface area contributed by atoms with Crippen LogP contribution in [0.25, 0.3) is 0 Å². The molecule has 1 aliphatic carbocycles. The van der Waals surface area contributed by atoms with Crippen LogP contribution in [-0.4, -0.2) is 11.9 Å². The standard InChI is InChI=1S/C14H27NO/c1-11(2)7-8-12(3)15-13(16)14(4)9-5-6-10-14/h11-12H,5-10H2,1-4H3,(H,15,16)/t12-/m0/s1. The summed E-state index contributed by atoms with van der Waals surface area (Å²) in [6, 6.07) is 0.326. The van der Waals surface area contributed by atoms with Crippen molar-refractivity contribution in [3.8, 4) is 0 Å². The zero-order chi connectivity index (χ0) is 12.2. The van der Waals surface area contributed by atoms with E-state index in [0.717, 1.165) is 25.2 Å². The molecule has 1 rings (SSSR count). The zero-order valence-electron chi connectivity index (χ0n) is 11.3. The molecule has 0 aromatic heterocycles. The minimum Gasteiger partial charge on any atom is -0.353 e. The molecule has 0 saturated heterocycles. The number of amides is 1. The summed E-state index contributed by atoms with van der Waals surface area (Å²) in [6.45, 7) is 8.70. The highest BCUT2D eigenvalue weighted by Gasteiger charge is 2.36. The van der Waals surface area contributed by atoms with Crippen molar-refractivity contribution < 1.29 is 4.79 Å². The van der Waals surface area contributed by atoms with Gasteiger partial charge in [-0.1, -0.05) is 33.6 Å². The van der Waals surface area contributed by atoms with Gasteiger partial charge in [0.2, 0.25) is 5.91 Å². The van der Waals surface area contributed by atoms with E-state index in [-0.39, 0.29) is 11.3 Å². The summed E-state index contributed by atoms with van der Waals surface area (Å²) >= 11 is 0. The summed E-state index contributed by atoms with van der Waals surface area (Å²) in [7, 11) is 0. The third kappa shape index (κ3) is 3.80. The molecular formula is C14H27NO. The largest absolute Gasteiger partial charge is 0.353 e. The summed E-state index contributed by atoms with van der Waals surface area (Å²) in [5.74, 6) is 1.00. The first kappa shape index (κ1) is 13.5. The van der Waals surface area contributed by atoms with E-state index in [2.05, 4.69) is 33.0 Å². The molecule has 1 amide bonds. The second-order valence-corrected chi connectivity index (χ2v) is 6.11. The van der Waals surface area contributed by atoms with Gasteiger partial charge >= 0.3 is 0 Å². The maximum absolute atomic E-state index is 12.1. The van der Waals surface area contributed by atoms with Crippen molar-refractivity contribution in [3.05, 3.63) is 0 Å². The Bertz CT molecular complexity index is 229. The number of nitrogens with one attached hydrogen (secondary N) is 1. The second kappa shape index (κ2) is 5.70. The van der Waals surface area contributed by atoms with Crippen LogP contribution in [0.1, 0.15) is 66.2 Å². The summed E-state index contributed by atoms with van der Waals surface area (Å²) in [5.41, 5.74) is -0.0773. The van der Waals surface area contributed by atoms with E-state index in [1.807, 2.05) is 0 Å². The topological polar surface area (TPSA) is 29.1 Å². The zero-order valence-corrected chi connectivity index (χ0v) is 11.3. The van der Waals surface area contributed by atoms with Crippen LogP contribution in [0.4, 0.5) is 0 Å². The first-order chi connectivity index (χ1) is 7.44. The average Bonchev–Trinajstić information content (AvgIpc) is 2.63. The number of hydrogen-bond donors (Lipinski definition) is 1. The van der Waals surface area contributed by atoms with Crippen LogP contribution >= 0.6 is 0 Å². The van der Waals surface area contributed by atoms with Crippen molar-refractivity contribution in [2.75, 3.05) is 0 Å². The van der Waals surface area contributed by atoms with E-state index in [4.69, 9.17) is 0 Å². The highest BCUT2D eigenvalue weighted by molar-refractivity contribution is 5.82. The lowest BCUT2D eigenvalue weighted by molar-refractivity contribution is -0.130. The van der Waals surface area contributed by atoms with E-state index in [0.29, 0.717) is 6.04 Å². The van der Waals surface area contributed by atoms with Gasteiger partial charge in [0.15, 0.2) is 0 Å². The molecular weight excluding hydrogens is 198 g/mol. The number of hydrogen-bond acceptors (Lipinski definition) is 1. The number of carbonyl (C=O) groups is 1. The van der Waals surface area contributed by atoms with Crippen molar-refractivity contribution in [1.82, 2.24) is 5.32 Å². The predicted octanol–water partition coefficient (Wildman–Crippen LogP) is 3.51. The van der Waals surface area contributed by atoms with Gasteiger partial charge in [-0.3, -0.25) is 4.79 Å². The van der Waals surface area contributed by atoms with Crippen LogP contribution in [0.5, 0.6) is 0 Å². The Kier molecular flexibility index (Phi) is 4.82. The van der Waals surface area contributed by atoms with Crippen molar-refractivity contribution in [2.24, 2.45) is 11.3 Å². The van der Waals surface area contributed by atoms with Crippen LogP contribution in [0.3, 0.4) is 0 Å². The maximum atomic E-state index is 12.1. The third-order valence-corrected chi connectivity index (χ3v) is 3.81. The lowest BCUT2D eigenvalue weighted by atomic mass is 9.87. The molecule has 0 aromatic carbocycles. The van der Waals surface area contributed by atoms with Gasteiger partial charge in [0, 0.05) is 11.5 Å². The average molecular weight is 225 g/mol. The molecule has 2 nitrogen and oxygen atoms in total. The summed E-state index contributed by atoms with van der Waals surface area (Å²) in [4.78, 5) is 12.1. The summed E-state index contributed by atoms with van der Waals surface area (Å²) < 4.78 is 0. The summed E-state index contributed by atoms with van der Waals surface area (Å²) in [6.07, 6.45) is 6.84. The van der Waals surface area contributed by atoms with Gasteiger partial charge in [-0.15, -0.1) is 0 Å². The first-order valence-corrected chi connectivity index (χ1v) is 6.75. The normalized spacial score (nSPS) is 21.1. The van der Waals surface area contributed by atoms with E-state index in [1.165, 1.54) is 19.3 Å². The molecule has 16 heavy (non-hydrogen) atoms. The molecule has 0 aromatic rings. The Morgan fingerprint density at radius 3 is 2.25 bits per heavy atom. The molecule has 94 valence electrons. The molecule has 0 aliphatic heterocycles. The molecule has 1 fully saturated rings. The number of carbonyl (C=O) groups excluding carboxylic acids is 1. The van der Waals surface area contributed by atoms with Crippen LogP contribution in [0.2, 0.25) is 0 Å². The van der Waals surface area contributed by atoms with Crippen LogP contribution in [0.15, 0.2) is 0 Å². The quantitative estimate of drug-likeness (QED) is 0.762. The van der Waals surface area contributed by atoms with Gasteiger partial charge < -0.3 is 5.32 Å². The molecule has 1 aliphatic rings. The first-order valence-electron chi connectivity index (χ1n) is 6.75. The minimum atomic E-state index is -0.0773. The molecule has 0 spiro atoms. The smallest absolute Gasteiger partial charge is 0.226 e. The lowest BCUT2D eigenvalue weighted by Gasteiger charge is -2.25. The van der Waals surface area contributed by atoms with E-state index in [1.54, 1.807) is 0 Å². The van der Waals surface area contributed by atoms with Crippen LogP contribution in [0, 0.1) is 11.3 Å². The Morgan fingerprint density at radius 1 is 1.19 bits per heavy atom. The highest BCUT2D eigenvalue weighted by atomic mass is 16.2. The third-order valence-electron chi connectivity index (χ3n) is 3.81. The van der Waals surface area contributed by atoms with Crippen molar-refractivity contribution in [2.45, 2.75) is 72.3 Å². The van der Waals surface area contributed by atoms with E-state index >= 15 is 0 Å². The molecule has 1 atom stereocenters. The van der Waals surface area contributed by atoms with Gasteiger partial charge in [0.05, 0.1) is 0 Å². The molecule has 0 heterocycles. The maximum Gasteiger partial charge on any atom is 0.226 e. The minimum absolute atomic E-state index is 0.0773. The van der Waals surface area contributed by atoms with Crippen LogP contribution < -0.4 is 5.32 Å². The Labute approximate surface area is 100 Å². The fourth-order valence-corrected chi connectivity index (χ4v) is 2.44. The molecule has 0 bridgehead atoms. The monoisotopic (exact) mass is 225 g/mol. The Morgan fingerprint density at radius 2 is 1.75 bits per heavy atom. The SMILES string of the molecule is CC(C)CC[C@H](C)NC(=O)C1(C)CCCC1. The second-order valence-electron chi connectivity index (χ2n) is 6.11. The predicted molar refractivity (Wildman–Crippen MR) is 68.3 cm³/mol. The Hall–Kier alpha value is -0.530. The van der Waals surface area contributed by atoms with Gasteiger partial charge in [0.25, 0.3) is 0 Å². The fraction of sp³-hybridized carbons (Fsp3) is 0.929. The van der Waals surface area contributed by atoms with Crippen LogP contribution in [-0.2, 0) is 4.79 Å². The van der Waals surface area contributed by atoms with Gasteiger partial charge in [-0.05, 0) is 38.5 Å². The summed E-state index contributed by atoms with van der Waals surface area (Å²) in [5, 5.41) is 3.18. The fourth-order valence-electron chi connectivity index (χ4n) is 2.44. The Balaban J connectivity index is 2.33. The van der Waals surface area contributed by atoms with Crippen molar-refractivity contribution in [3.63, 3.8) is 0 Å². The van der Waals surface area contributed by atoms with E-state index in [9.17, 15) is 4.79 Å². The molecule has 0 unspecified atom stereocenters. The van der Waals surface area contributed by atoms with Crippen molar-refractivity contribution >= 4 is 5.91 Å². The molecule has 1 N–H and O–H groups in total. The van der Waals surface area contributed by atoms with Gasteiger partial charge in [0.1, 0.15) is 0 Å². The van der Waals surface area contributed by atoms with E-state index < -0.39 is 0 Å². The van der Waals surface area contributed by atoms with Gasteiger partial charge in [-0.2, -0.15) is 0 Å². The molecule has 2 heteroatoms.